The van der Waals surface area contributed by atoms with Crippen molar-refractivity contribution in [2.75, 3.05) is 5.32 Å². The van der Waals surface area contributed by atoms with E-state index in [4.69, 9.17) is 47.0 Å². The Bertz CT molecular complexity index is 875. The Balaban J connectivity index is 1.95. The topological polar surface area (TPSA) is 53.2 Å². The quantitative estimate of drug-likeness (QED) is 0.0956. The van der Waals surface area contributed by atoms with Gasteiger partial charge in [0.25, 0.3) is 5.91 Å². The van der Waals surface area contributed by atoms with Crippen LogP contribution in [0.2, 0.25) is 0 Å². The zero-order valence-electron chi connectivity index (χ0n) is 17.1. The maximum atomic E-state index is 12.6. The lowest BCUT2D eigenvalue weighted by Gasteiger charge is -2.28. The number of amides is 1. The molecule has 0 bridgehead atoms. The van der Waals surface area contributed by atoms with Gasteiger partial charge in [-0.05, 0) is 77.5 Å². The summed E-state index contributed by atoms with van der Waals surface area (Å²) in [6.07, 6.45) is 4.96. The molecular weight excluding hydrogens is 588 g/mol. The summed E-state index contributed by atoms with van der Waals surface area (Å²) in [7, 11) is 0. The van der Waals surface area contributed by atoms with E-state index in [9.17, 15) is 4.79 Å². The van der Waals surface area contributed by atoms with Crippen molar-refractivity contribution in [2.45, 2.75) is 49.0 Å². The average Bonchev–Trinajstić information content (AvgIpc) is 2.71. The van der Waals surface area contributed by atoms with Crippen LogP contribution in [-0.4, -0.2) is 21.0 Å². The monoisotopic (exact) mass is 611 g/mol. The van der Waals surface area contributed by atoms with Gasteiger partial charge in [-0.1, -0.05) is 85.3 Å². The number of nitrogens with one attached hydrogen (secondary N) is 3. The van der Waals surface area contributed by atoms with E-state index in [0.29, 0.717) is 5.56 Å². The number of hydrogen-bond donors (Lipinski definition) is 3. The molecule has 0 aromatic heterocycles. The van der Waals surface area contributed by atoms with E-state index in [0.717, 1.165) is 15.7 Å². The van der Waals surface area contributed by atoms with Gasteiger partial charge in [0.05, 0.1) is 5.56 Å². The van der Waals surface area contributed by atoms with E-state index >= 15 is 0 Å². The molecular formula is C22H25Cl3IN3OS. The molecule has 0 aliphatic rings. The Hall–Kier alpha value is -0.800. The van der Waals surface area contributed by atoms with Gasteiger partial charge in [-0.25, -0.2) is 0 Å². The van der Waals surface area contributed by atoms with Crippen molar-refractivity contribution in [3.05, 3.63) is 63.2 Å². The van der Waals surface area contributed by atoms with Crippen LogP contribution in [0, 0.1) is 3.57 Å². The Labute approximate surface area is 217 Å². The number of thiocarbonyl (C=S) groups is 1. The van der Waals surface area contributed by atoms with Crippen LogP contribution in [0.5, 0.6) is 0 Å². The Morgan fingerprint density at radius 2 is 1.71 bits per heavy atom. The summed E-state index contributed by atoms with van der Waals surface area (Å²) in [4.78, 5) is 12.6. The molecule has 0 saturated heterocycles. The predicted molar refractivity (Wildman–Crippen MR) is 144 cm³/mol. The highest BCUT2D eigenvalue weighted by molar-refractivity contribution is 14.1. The molecule has 0 radical (unpaired) electrons. The molecule has 0 fully saturated rings. The van der Waals surface area contributed by atoms with Crippen molar-refractivity contribution in [1.29, 1.82) is 0 Å². The summed E-state index contributed by atoms with van der Waals surface area (Å²) in [5.74, 6) is -0.371. The molecule has 168 valence electrons. The van der Waals surface area contributed by atoms with Gasteiger partial charge in [0.15, 0.2) is 5.11 Å². The van der Waals surface area contributed by atoms with Gasteiger partial charge in [0.2, 0.25) is 3.79 Å². The molecule has 1 atom stereocenters. The van der Waals surface area contributed by atoms with Crippen LogP contribution in [0.4, 0.5) is 5.69 Å². The van der Waals surface area contributed by atoms with Gasteiger partial charge in [-0.2, -0.15) is 0 Å². The first kappa shape index (κ1) is 26.5. The standard InChI is InChI=1S/C22H25Cl3IN3OS/c1-2-3-4-5-8-15-11-13-16(14-12-15)27-21(31)29-20(22(23,24)25)28-19(30)17-9-6-7-10-18(17)26/h6-7,9-14,20H,2-5,8H2,1H3,(H,28,30)(H2,27,29,31)/t20-/m1/s1. The minimum atomic E-state index is -1.82. The maximum Gasteiger partial charge on any atom is 0.254 e. The van der Waals surface area contributed by atoms with E-state index in [-0.39, 0.29) is 11.0 Å². The van der Waals surface area contributed by atoms with Gasteiger partial charge < -0.3 is 16.0 Å². The zero-order chi connectivity index (χ0) is 22.9. The lowest BCUT2D eigenvalue weighted by Crippen LogP contribution is -2.56. The molecule has 2 aromatic rings. The van der Waals surface area contributed by atoms with E-state index in [1.165, 1.54) is 31.2 Å². The molecule has 31 heavy (non-hydrogen) atoms. The smallest absolute Gasteiger partial charge is 0.254 e. The number of rotatable bonds is 9. The molecule has 0 spiro atoms. The maximum absolute atomic E-state index is 12.6. The summed E-state index contributed by atoms with van der Waals surface area (Å²) in [5.41, 5.74) is 2.57. The molecule has 0 saturated carbocycles. The fourth-order valence-electron chi connectivity index (χ4n) is 2.86. The molecule has 9 heteroatoms. The first-order chi connectivity index (χ1) is 14.7. The second kappa shape index (κ2) is 13.0. The highest BCUT2D eigenvalue weighted by atomic mass is 127. The van der Waals surface area contributed by atoms with Crippen LogP contribution >= 0.6 is 69.6 Å². The van der Waals surface area contributed by atoms with Crippen LogP contribution in [0.3, 0.4) is 0 Å². The lowest BCUT2D eigenvalue weighted by atomic mass is 10.1. The normalized spacial score (nSPS) is 12.2. The van der Waals surface area contributed by atoms with Crippen LogP contribution in [0.15, 0.2) is 48.5 Å². The Kier molecular flexibility index (Phi) is 11.1. The first-order valence-corrected chi connectivity index (χ1v) is 12.6. The molecule has 0 heterocycles. The number of anilines is 1. The number of alkyl halides is 3. The van der Waals surface area contributed by atoms with Gasteiger partial charge in [0, 0.05) is 9.26 Å². The van der Waals surface area contributed by atoms with Crippen molar-refractivity contribution in [3.63, 3.8) is 0 Å². The van der Waals surface area contributed by atoms with Gasteiger partial charge in [-0.3, -0.25) is 4.79 Å². The summed E-state index contributed by atoms with van der Waals surface area (Å²) >= 11 is 25.7. The molecule has 2 aromatic carbocycles. The summed E-state index contributed by atoms with van der Waals surface area (Å²) in [6, 6.07) is 15.2. The number of carbonyl (C=O) groups is 1. The average molecular weight is 613 g/mol. The molecule has 0 unspecified atom stereocenters. The predicted octanol–water partition coefficient (Wildman–Crippen LogP) is 6.83. The highest BCUT2D eigenvalue weighted by Crippen LogP contribution is 2.29. The molecule has 0 aliphatic heterocycles. The second-order valence-corrected chi connectivity index (χ2v) is 11.0. The summed E-state index contributed by atoms with van der Waals surface area (Å²) in [5, 5.41) is 8.87. The molecule has 4 nitrogen and oxygen atoms in total. The van der Waals surface area contributed by atoms with Crippen molar-refractivity contribution < 1.29 is 4.79 Å². The third kappa shape index (κ3) is 9.30. The highest BCUT2D eigenvalue weighted by Gasteiger charge is 2.35. The number of hydrogen-bond acceptors (Lipinski definition) is 2. The number of halogens is 4. The summed E-state index contributed by atoms with van der Waals surface area (Å²) < 4.78 is -1.03. The zero-order valence-corrected chi connectivity index (χ0v) is 22.3. The first-order valence-electron chi connectivity index (χ1n) is 9.99. The second-order valence-electron chi connectivity index (χ2n) is 7.03. The van der Waals surface area contributed by atoms with Crippen molar-refractivity contribution in [2.24, 2.45) is 0 Å². The fourth-order valence-corrected chi connectivity index (χ4v) is 4.06. The third-order valence-corrected chi connectivity index (χ3v) is 6.34. The minimum absolute atomic E-state index is 0.232. The van der Waals surface area contributed by atoms with Crippen LogP contribution in [0.1, 0.15) is 48.5 Å². The number of unbranched alkanes of at least 4 members (excludes halogenated alkanes) is 3. The van der Waals surface area contributed by atoms with Crippen LogP contribution in [0.25, 0.3) is 0 Å². The van der Waals surface area contributed by atoms with Crippen LogP contribution in [-0.2, 0) is 6.42 Å². The van der Waals surface area contributed by atoms with Crippen molar-refractivity contribution >= 4 is 86.3 Å². The van der Waals surface area contributed by atoms with E-state index in [1.54, 1.807) is 12.1 Å². The number of carbonyl (C=O) groups excluding carboxylic acids is 1. The Morgan fingerprint density at radius 1 is 1.03 bits per heavy atom. The minimum Gasteiger partial charge on any atom is -0.339 e. The number of aryl methyl sites for hydroxylation is 1. The van der Waals surface area contributed by atoms with E-state index < -0.39 is 9.96 Å². The van der Waals surface area contributed by atoms with Gasteiger partial charge >= 0.3 is 0 Å². The SMILES string of the molecule is CCCCCCc1ccc(NC(=S)N[C@@H](NC(=O)c2ccccc2I)C(Cl)(Cl)Cl)cc1. The fraction of sp³-hybridized carbons (Fsp3) is 0.364. The van der Waals surface area contributed by atoms with Crippen molar-refractivity contribution in [3.8, 4) is 0 Å². The van der Waals surface area contributed by atoms with Crippen LogP contribution < -0.4 is 16.0 Å². The lowest BCUT2D eigenvalue weighted by molar-refractivity contribution is 0.0933. The van der Waals surface area contributed by atoms with Crippen molar-refractivity contribution in [1.82, 2.24) is 10.6 Å². The van der Waals surface area contributed by atoms with E-state index in [2.05, 4.69) is 57.6 Å². The molecule has 0 aliphatic carbocycles. The third-order valence-electron chi connectivity index (χ3n) is 4.53. The summed E-state index contributed by atoms with van der Waals surface area (Å²) in [6.45, 7) is 2.21. The molecule has 3 N–H and O–H groups in total. The van der Waals surface area contributed by atoms with E-state index in [1.807, 2.05) is 24.3 Å². The van der Waals surface area contributed by atoms with Gasteiger partial charge in [0.1, 0.15) is 6.17 Å². The van der Waals surface area contributed by atoms with Gasteiger partial charge in [-0.15, -0.1) is 0 Å². The number of benzene rings is 2. The molecule has 2 rings (SSSR count). The Morgan fingerprint density at radius 3 is 2.32 bits per heavy atom. The largest absolute Gasteiger partial charge is 0.339 e. The molecule has 1 amide bonds.